The van der Waals surface area contributed by atoms with Crippen molar-refractivity contribution >= 4 is 0 Å². The van der Waals surface area contributed by atoms with Gasteiger partial charge in [-0.25, -0.2) is 9.97 Å². The van der Waals surface area contributed by atoms with Gasteiger partial charge in [0.1, 0.15) is 5.82 Å². The van der Waals surface area contributed by atoms with Crippen molar-refractivity contribution in [2.24, 2.45) is 5.92 Å². The molecular weight excluding hydrogens is 286 g/mol. The lowest BCUT2D eigenvalue weighted by atomic mass is 9.97. The van der Waals surface area contributed by atoms with E-state index >= 15 is 0 Å². The molecule has 0 N–H and O–H groups in total. The lowest BCUT2D eigenvalue weighted by Gasteiger charge is -2.31. The van der Waals surface area contributed by atoms with Crippen LogP contribution in [0.5, 0.6) is 0 Å². The third-order valence-electron chi connectivity index (χ3n) is 4.33. The summed E-state index contributed by atoms with van der Waals surface area (Å²) >= 11 is 0. The number of rotatable bonds is 6. The highest BCUT2D eigenvalue weighted by molar-refractivity contribution is 5.13. The highest BCUT2D eigenvalue weighted by atomic mass is 16.5. The third kappa shape index (κ3) is 5.12. The molecule has 1 aromatic heterocycles. The summed E-state index contributed by atoms with van der Waals surface area (Å²) in [6.07, 6.45) is 7.35. The molecule has 1 aliphatic rings. The maximum Gasteiger partial charge on any atom is 0.125 e. The molecule has 0 bridgehead atoms. The number of hydrogen-bond donors (Lipinski definition) is 0. The first-order valence-electron chi connectivity index (χ1n) is 8.34. The number of hydrogen-bond acceptors (Lipinski definition) is 4. The summed E-state index contributed by atoms with van der Waals surface area (Å²) in [6, 6.07) is 10.4. The smallest absolute Gasteiger partial charge is 0.125 e. The minimum atomic E-state index is 0.674. The zero-order chi connectivity index (χ0) is 15.9. The van der Waals surface area contributed by atoms with E-state index in [4.69, 9.17) is 4.74 Å². The van der Waals surface area contributed by atoms with Crippen molar-refractivity contribution in [1.29, 1.82) is 0 Å². The second-order valence-electron chi connectivity index (χ2n) is 6.27. The fourth-order valence-corrected chi connectivity index (χ4v) is 2.93. The second kappa shape index (κ2) is 8.18. The maximum absolute atomic E-state index is 5.88. The average molecular weight is 310 g/mol. The lowest BCUT2D eigenvalue weighted by molar-refractivity contribution is 0.0561. The Morgan fingerprint density at radius 2 is 2.00 bits per heavy atom. The topological polar surface area (TPSA) is 38.2 Å². The van der Waals surface area contributed by atoms with Crippen LogP contribution in [0.2, 0.25) is 0 Å². The molecule has 0 saturated carbocycles. The van der Waals surface area contributed by atoms with Gasteiger partial charge >= 0.3 is 0 Å². The summed E-state index contributed by atoms with van der Waals surface area (Å²) < 4.78 is 5.88. The van der Waals surface area contributed by atoms with E-state index in [1.54, 1.807) is 0 Å². The van der Waals surface area contributed by atoms with Crippen LogP contribution in [0.25, 0.3) is 0 Å². The van der Waals surface area contributed by atoms with E-state index in [1.165, 1.54) is 18.4 Å². The molecule has 1 radical (unpaired) electrons. The molecule has 1 fully saturated rings. The molecule has 2 heterocycles. The minimum Gasteiger partial charge on any atom is -0.376 e. The van der Waals surface area contributed by atoms with Crippen molar-refractivity contribution in [3.63, 3.8) is 0 Å². The van der Waals surface area contributed by atoms with Crippen molar-refractivity contribution in [2.75, 3.05) is 19.7 Å². The zero-order valence-electron chi connectivity index (χ0n) is 13.7. The normalized spacial score (nSPS) is 16.6. The van der Waals surface area contributed by atoms with Gasteiger partial charge in [-0.1, -0.05) is 30.3 Å². The summed E-state index contributed by atoms with van der Waals surface area (Å²) in [7, 11) is 0. The van der Waals surface area contributed by atoms with Crippen LogP contribution >= 0.6 is 0 Å². The second-order valence-corrected chi connectivity index (χ2v) is 6.27. The van der Waals surface area contributed by atoms with Crippen LogP contribution in [-0.4, -0.2) is 34.6 Å². The summed E-state index contributed by atoms with van der Waals surface area (Å²) in [6.45, 7) is 6.60. The van der Waals surface area contributed by atoms with Gasteiger partial charge in [0.15, 0.2) is 0 Å². The Labute approximate surface area is 138 Å². The molecule has 1 aromatic carbocycles. The Bertz CT molecular complexity index is 577. The largest absolute Gasteiger partial charge is 0.376 e. The standard InChI is InChI=1S/C19H24N3O/c1-16-20-11-19(12-21-16)13-22-9-7-18(8-10-22)15-23-14-17-5-3-2-4-6-17/h2-6,11,18H,7-10,13-15H2,1H3. The average Bonchev–Trinajstić information content (AvgIpc) is 2.59. The molecule has 23 heavy (non-hydrogen) atoms. The van der Waals surface area contributed by atoms with Gasteiger partial charge < -0.3 is 4.74 Å². The van der Waals surface area contributed by atoms with Crippen LogP contribution in [0.15, 0.2) is 36.5 Å². The molecule has 1 aliphatic heterocycles. The molecule has 2 aromatic rings. The molecule has 0 amide bonds. The SMILES string of the molecule is Cc1n[c]c(CN2CCC(COCc3ccccc3)CC2)cn1. The Morgan fingerprint density at radius 1 is 1.22 bits per heavy atom. The first-order chi connectivity index (χ1) is 11.3. The van der Waals surface area contributed by atoms with Crippen LogP contribution < -0.4 is 0 Å². The number of aromatic nitrogens is 2. The van der Waals surface area contributed by atoms with Crippen molar-refractivity contribution in [3.8, 4) is 0 Å². The molecule has 4 heteroatoms. The molecule has 0 unspecified atom stereocenters. The van der Waals surface area contributed by atoms with Gasteiger partial charge in [-0.05, 0) is 44.3 Å². The van der Waals surface area contributed by atoms with Crippen LogP contribution in [-0.2, 0) is 17.9 Å². The van der Waals surface area contributed by atoms with Gasteiger partial charge in [0.05, 0.1) is 12.8 Å². The van der Waals surface area contributed by atoms with Crippen LogP contribution in [0.1, 0.15) is 29.8 Å². The van der Waals surface area contributed by atoms with E-state index in [0.29, 0.717) is 5.92 Å². The summed E-state index contributed by atoms with van der Waals surface area (Å²) in [4.78, 5) is 10.8. The van der Waals surface area contributed by atoms with Crippen molar-refractivity contribution in [1.82, 2.24) is 14.9 Å². The minimum absolute atomic E-state index is 0.674. The zero-order valence-corrected chi connectivity index (χ0v) is 13.7. The summed E-state index contributed by atoms with van der Waals surface area (Å²) in [5.74, 6) is 1.45. The van der Waals surface area contributed by atoms with E-state index in [0.717, 1.165) is 44.2 Å². The molecule has 3 rings (SSSR count). The Balaban J connectivity index is 1.36. The monoisotopic (exact) mass is 310 g/mol. The fourth-order valence-electron chi connectivity index (χ4n) is 2.93. The molecule has 1 saturated heterocycles. The van der Waals surface area contributed by atoms with Gasteiger partial charge in [-0.15, -0.1) is 0 Å². The maximum atomic E-state index is 5.88. The van der Waals surface area contributed by atoms with Crippen molar-refractivity contribution in [2.45, 2.75) is 32.9 Å². The first-order valence-corrected chi connectivity index (χ1v) is 8.34. The lowest BCUT2D eigenvalue weighted by Crippen LogP contribution is -2.34. The van der Waals surface area contributed by atoms with E-state index in [2.05, 4.69) is 45.3 Å². The van der Waals surface area contributed by atoms with Gasteiger partial charge in [0, 0.05) is 24.9 Å². The number of piperidine rings is 1. The van der Waals surface area contributed by atoms with Gasteiger partial charge in [0.25, 0.3) is 0 Å². The third-order valence-corrected chi connectivity index (χ3v) is 4.33. The van der Waals surface area contributed by atoms with Crippen molar-refractivity contribution in [3.05, 3.63) is 59.7 Å². The number of likely N-dealkylation sites (tertiary alicyclic amines) is 1. The van der Waals surface area contributed by atoms with E-state index in [-0.39, 0.29) is 0 Å². The van der Waals surface area contributed by atoms with Gasteiger partial charge in [-0.2, -0.15) is 0 Å². The Morgan fingerprint density at radius 3 is 2.70 bits per heavy atom. The van der Waals surface area contributed by atoms with Crippen LogP contribution in [0, 0.1) is 19.0 Å². The number of benzene rings is 1. The van der Waals surface area contributed by atoms with Gasteiger partial charge in [-0.3, -0.25) is 4.90 Å². The number of nitrogens with zero attached hydrogens (tertiary/aromatic N) is 3. The Kier molecular flexibility index (Phi) is 5.72. The predicted molar refractivity (Wildman–Crippen MR) is 89.7 cm³/mol. The first kappa shape index (κ1) is 16.1. The molecular formula is C19H24N3O. The molecule has 0 atom stereocenters. The molecule has 121 valence electrons. The predicted octanol–water partition coefficient (Wildman–Crippen LogP) is 3.01. The highest BCUT2D eigenvalue weighted by Gasteiger charge is 2.19. The molecule has 0 spiro atoms. The van der Waals surface area contributed by atoms with Gasteiger partial charge in [0.2, 0.25) is 0 Å². The van der Waals surface area contributed by atoms with Crippen molar-refractivity contribution < 1.29 is 4.74 Å². The molecule has 4 nitrogen and oxygen atoms in total. The highest BCUT2D eigenvalue weighted by Crippen LogP contribution is 2.19. The van der Waals surface area contributed by atoms with Crippen LogP contribution in [0.4, 0.5) is 0 Å². The summed E-state index contributed by atoms with van der Waals surface area (Å²) in [5, 5.41) is 0. The van der Waals surface area contributed by atoms with E-state index < -0.39 is 0 Å². The number of aryl methyl sites for hydroxylation is 1. The quantitative estimate of drug-likeness (QED) is 0.822. The van der Waals surface area contributed by atoms with Crippen LogP contribution in [0.3, 0.4) is 0 Å². The summed E-state index contributed by atoms with van der Waals surface area (Å²) in [5.41, 5.74) is 2.33. The van der Waals surface area contributed by atoms with E-state index in [1.807, 2.05) is 19.2 Å². The van der Waals surface area contributed by atoms with E-state index in [9.17, 15) is 0 Å². The fraction of sp³-hybridized carbons (Fsp3) is 0.474. The molecule has 0 aliphatic carbocycles. The Hall–Kier alpha value is -1.78. The number of ether oxygens (including phenoxy) is 1.